The zero-order valence-electron chi connectivity index (χ0n) is 12.4. The van der Waals surface area contributed by atoms with E-state index in [9.17, 15) is 0 Å². The summed E-state index contributed by atoms with van der Waals surface area (Å²) in [4.78, 5) is 0. The minimum atomic E-state index is -0.502. The van der Waals surface area contributed by atoms with Crippen LogP contribution in [-0.2, 0) is 12.0 Å². The lowest BCUT2D eigenvalue weighted by Crippen LogP contribution is -2.34. The summed E-state index contributed by atoms with van der Waals surface area (Å²) in [6.45, 7) is 6.51. The molecular formula is C18H22ClN. The van der Waals surface area contributed by atoms with E-state index in [1.54, 1.807) is 0 Å². The van der Waals surface area contributed by atoms with Gasteiger partial charge in [0.15, 0.2) is 0 Å². The standard InChI is InChI=1S/C18H22ClN/c1-13(2)11-14-5-4-6-16(12-14)18(3,20)15-7-9-17(19)10-8-15/h4-10,12-13H,11,20H2,1-3H3. The van der Waals surface area contributed by atoms with Crippen LogP contribution >= 0.6 is 11.6 Å². The first kappa shape index (κ1) is 15.1. The molecular weight excluding hydrogens is 266 g/mol. The molecule has 0 heterocycles. The van der Waals surface area contributed by atoms with E-state index in [-0.39, 0.29) is 0 Å². The molecule has 0 aliphatic carbocycles. The van der Waals surface area contributed by atoms with Crippen LogP contribution in [0.25, 0.3) is 0 Å². The van der Waals surface area contributed by atoms with Crippen molar-refractivity contribution in [3.63, 3.8) is 0 Å². The number of nitrogens with two attached hydrogens (primary N) is 1. The molecule has 1 unspecified atom stereocenters. The Morgan fingerprint density at radius 2 is 1.70 bits per heavy atom. The molecule has 20 heavy (non-hydrogen) atoms. The van der Waals surface area contributed by atoms with Gasteiger partial charge < -0.3 is 5.73 Å². The number of halogens is 1. The Balaban J connectivity index is 2.35. The Kier molecular flexibility index (Phi) is 4.52. The molecule has 2 rings (SSSR count). The van der Waals surface area contributed by atoms with Crippen LogP contribution in [0.15, 0.2) is 48.5 Å². The molecule has 0 aliphatic rings. The van der Waals surface area contributed by atoms with Gasteiger partial charge in [0.05, 0.1) is 5.54 Å². The highest BCUT2D eigenvalue weighted by atomic mass is 35.5. The Morgan fingerprint density at radius 1 is 1.05 bits per heavy atom. The first-order valence-electron chi connectivity index (χ1n) is 7.04. The minimum absolute atomic E-state index is 0.502. The van der Waals surface area contributed by atoms with Gasteiger partial charge in [-0.3, -0.25) is 0 Å². The Labute approximate surface area is 126 Å². The fraction of sp³-hybridized carbons (Fsp3) is 0.333. The second kappa shape index (κ2) is 5.99. The van der Waals surface area contributed by atoms with E-state index in [0.29, 0.717) is 5.92 Å². The molecule has 2 aromatic carbocycles. The van der Waals surface area contributed by atoms with Crippen molar-refractivity contribution in [2.45, 2.75) is 32.7 Å². The van der Waals surface area contributed by atoms with Gasteiger partial charge in [-0.25, -0.2) is 0 Å². The lowest BCUT2D eigenvalue weighted by molar-refractivity contribution is 0.598. The average Bonchev–Trinajstić information content (AvgIpc) is 2.39. The van der Waals surface area contributed by atoms with Gasteiger partial charge in [-0.15, -0.1) is 0 Å². The van der Waals surface area contributed by atoms with E-state index >= 15 is 0 Å². The number of benzene rings is 2. The fourth-order valence-corrected chi connectivity index (χ4v) is 2.58. The van der Waals surface area contributed by atoms with E-state index < -0.39 is 5.54 Å². The van der Waals surface area contributed by atoms with Gasteiger partial charge in [0.1, 0.15) is 0 Å². The van der Waals surface area contributed by atoms with E-state index in [0.717, 1.165) is 22.6 Å². The molecule has 0 bridgehead atoms. The van der Waals surface area contributed by atoms with Crippen molar-refractivity contribution < 1.29 is 0 Å². The highest BCUT2D eigenvalue weighted by molar-refractivity contribution is 6.30. The summed E-state index contributed by atoms with van der Waals surface area (Å²) in [6.07, 6.45) is 1.07. The van der Waals surface area contributed by atoms with Crippen molar-refractivity contribution in [1.29, 1.82) is 0 Å². The Morgan fingerprint density at radius 3 is 2.30 bits per heavy atom. The SMILES string of the molecule is CC(C)Cc1cccc(C(C)(N)c2ccc(Cl)cc2)c1. The maximum atomic E-state index is 6.57. The summed E-state index contributed by atoms with van der Waals surface area (Å²) in [5.74, 6) is 0.643. The van der Waals surface area contributed by atoms with Gasteiger partial charge in [0, 0.05) is 5.02 Å². The molecule has 1 nitrogen and oxygen atoms in total. The van der Waals surface area contributed by atoms with E-state index in [2.05, 4.69) is 38.1 Å². The van der Waals surface area contributed by atoms with Crippen molar-refractivity contribution >= 4 is 11.6 Å². The van der Waals surface area contributed by atoms with Crippen molar-refractivity contribution in [3.05, 3.63) is 70.2 Å². The van der Waals surface area contributed by atoms with Crippen LogP contribution < -0.4 is 5.73 Å². The quantitative estimate of drug-likeness (QED) is 0.862. The second-order valence-corrected chi connectivity index (χ2v) is 6.44. The monoisotopic (exact) mass is 287 g/mol. The molecule has 0 saturated carbocycles. The van der Waals surface area contributed by atoms with Gasteiger partial charge in [-0.1, -0.05) is 61.8 Å². The molecule has 2 aromatic rings. The first-order valence-corrected chi connectivity index (χ1v) is 7.41. The van der Waals surface area contributed by atoms with Crippen molar-refractivity contribution in [2.24, 2.45) is 11.7 Å². The molecule has 1 atom stereocenters. The predicted octanol–water partition coefficient (Wildman–Crippen LogP) is 4.76. The lowest BCUT2D eigenvalue weighted by atomic mass is 9.84. The maximum Gasteiger partial charge on any atom is 0.0637 e. The van der Waals surface area contributed by atoms with Crippen LogP contribution in [0.1, 0.15) is 37.5 Å². The third kappa shape index (κ3) is 3.41. The molecule has 0 fully saturated rings. The molecule has 0 radical (unpaired) electrons. The summed E-state index contributed by atoms with van der Waals surface area (Å²) < 4.78 is 0. The number of rotatable bonds is 4. The largest absolute Gasteiger partial charge is 0.318 e. The summed E-state index contributed by atoms with van der Waals surface area (Å²) in [7, 11) is 0. The summed E-state index contributed by atoms with van der Waals surface area (Å²) >= 11 is 5.95. The smallest absolute Gasteiger partial charge is 0.0637 e. The Hall–Kier alpha value is -1.31. The van der Waals surface area contributed by atoms with Crippen LogP contribution in [0.4, 0.5) is 0 Å². The highest BCUT2D eigenvalue weighted by Gasteiger charge is 2.23. The average molecular weight is 288 g/mol. The molecule has 2 heteroatoms. The summed E-state index contributed by atoms with van der Waals surface area (Å²) in [5, 5.41) is 0.734. The van der Waals surface area contributed by atoms with Gasteiger partial charge in [0.2, 0.25) is 0 Å². The minimum Gasteiger partial charge on any atom is -0.318 e. The van der Waals surface area contributed by atoms with E-state index in [1.165, 1.54) is 5.56 Å². The van der Waals surface area contributed by atoms with Gasteiger partial charge >= 0.3 is 0 Å². The molecule has 0 spiro atoms. The second-order valence-electron chi connectivity index (χ2n) is 6.01. The molecule has 106 valence electrons. The molecule has 2 N–H and O–H groups in total. The predicted molar refractivity (Wildman–Crippen MR) is 87.1 cm³/mol. The molecule has 0 aromatic heterocycles. The normalized spacial score (nSPS) is 14.3. The van der Waals surface area contributed by atoms with Crippen molar-refractivity contribution in [2.75, 3.05) is 0 Å². The summed E-state index contributed by atoms with van der Waals surface area (Å²) in [6, 6.07) is 16.3. The molecule has 0 aliphatic heterocycles. The third-order valence-electron chi connectivity index (χ3n) is 3.61. The molecule has 0 amide bonds. The Bertz CT molecular complexity index is 570. The zero-order valence-corrected chi connectivity index (χ0v) is 13.1. The van der Waals surface area contributed by atoms with Crippen LogP contribution in [0, 0.1) is 5.92 Å². The van der Waals surface area contributed by atoms with Gasteiger partial charge in [-0.05, 0) is 48.1 Å². The molecule has 0 saturated heterocycles. The number of hydrogen-bond donors (Lipinski definition) is 1. The van der Waals surface area contributed by atoms with Crippen LogP contribution in [-0.4, -0.2) is 0 Å². The third-order valence-corrected chi connectivity index (χ3v) is 3.87. The lowest BCUT2D eigenvalue weighted by Gasteiger charge is -2.26. The zero-order chi connectivity index (χ0) is 14.8. The van der Waals surface area contributed by atoms with Gasteiger partial charge in [-0.2, -0.15) is 0 Å². The first-order chi connectivity index (χ1) is 9.39. The highest BCUT2D eigenvalue weighted by Crippen LogP contribution is 2.28. The van der Waals surface area contributed by atoms with E-state index in [4.69, 9.17) is 17.3 Å². The van der Waals surface area contributed by atoms with Crippen LogP contribution in [0.5, 0.6) is 0 Å². The topological polar surface area (TPSA) is 26.0 Å². The summed E-state index contributed by atoms with van der Waals surface area (Å²) in [5.41, 5.74) is 9.61. The fourth-order valence-electron chi connectivity index (χ4n) is 2.46. The van der Waals surface area contributed by atoms with Crippen molar-refractivity contribution in [3.8, 4) is 0 Å². The number of hydrogen-bond acceptors (Lipinski definition) is 1. The van der Waals surface area contributed by atoms with E-state index in [1.807, 2.05) is 31.2 Å². The van der Waals surface area contributed by atoms with Crippen LogP contribution in [0.2, 0.25) is 5.02 Å². The van der Waals surface area contributed by atoms with Crippen LogP contribution in [0.3, 0.4) is 0 Å². The van der Waals surface area contributed by atoms with Crippen molar-refractivity contribution in [1.82, 2.24) is 0 Å². The van der Waals surface area contributed by atoms with Gasteiger partial charge in [0.25, 0.3) is 0 Å². The maximum absolute atomic E-state index is 6.57.